The third-order valence-corrected chi connectivity index (χ3v) is 8.08. The smallest absolute Gasteiger partial charge is 0.160 e. The summed E-state index contributed by atoms with van der Waals surface area (Å²) in [6, 6.07) is 45.5. The SMILES string of the molecule is c1ccc(-c2nc(-c3ccc4c(c3)-c3cccc5cccc(c35)O4)cc(-c3ccc4c(c3)oc3ccccc34)n2)cc1. The Bertz CT molecular complexity index is 2330. The van der Waals surface area contributed by atoms with Gasteiger partial charge >= 0.3 is 0 Å². The number of para-hydroxylation sites is 1. The van der Waals surface area contributed by atoms with Gasteiger partial charge in [-0.25, -0.2) is 9.97 Å². The lowest BCUT2D eigenvalue weighted by atomic mass is 9.93. The van der Waals surface area contributed by atoms with Crippen LogP contribution in [0.3, 0.4) is 0 Å². The highest BCUT2D eigenvalue weighted by molar-refractivity contribution is 6.06. The second-order valence-corrected chi connectivity index (χ2v) is 10.6. The zero-order valence-corrected chi connectivity index (χ0v) is 22.4. The molecular weight excluding hydrogens is 516 g/mol. The summed E-state index contributed by atoms with van der Waals surface area (Å²) in [4.78, 5) is 10.1. The maximum atomic E-state index is 6.35. The summed E-state index contributed by atoms with van der Waals surface area (Å²) < 4.78 is 12.6. The summed E-state index contributed by atoms with van der Waals surface area (Å²) in [5.74, 6) is 2.41. The van der Waals surface area contributed by atoms with Crippen molar-refractivity contribution in [1.82, 2.24) is 9.97 Å². The Morgan fingerprint density at radius 1 is 0.452 bits per heavy atom. The second-order valence-electron chi connectivity index (χ2n) is 10.6. The van der Waals surface area contributed by atoms with Gasteiger partial charge in [0, 0.05) is 38.4 Å². The molecule has 0 saturated heterocycles. The minimum Gasteiger partial charge on any atom is -0.456 e. The molecule has 3 heterocycles. The minimum atomic E-state index is 0.675. The molecule has 0 spiro atoms. The van der Waals surface area contributed by atoms with Gasteiger partial charge in [0.2, 0.25) is 0 Å². The molecule has 196 valence electrons. The molecule has 8 aromatic rings. The number of ether oxygens (including phenoxy) is 1. The quantitative estimate of drug-likeness (QED) is 0.224. The van der Waals surface area contributed by atoms with E-state index in [1.165, 1.54) is 5.56 Å². The van der Waals surface area contributed by atoms with E-state index in [9.17, 15) is 0 Å². The molecule has 0 radical (unpaired) electrons. The number of rotatable bonds is 3. The van der Waals surface area contributed by atoms with Gasteiger partial charge in [-0.3, -0.25) is 0 Å². The fourth-order valence-electron chi connectivity index (χ4n) is 6.07. The van der Waals surface area contributed by atoms with Crippen LogP contribution in [-0.4, -0.2) is 9.97 Å². The average molecular weight is 539 g/mol. The van der Waals surface area contributed by atoms with E-state index >= 15 is 0 Å². The van der Waals surface area contributed by atoms with Crippen molar-refractivity contribution in [2.45, 2.75) is 0 Å². The van der Waals surface area contributed by atoms with Gasteiger partial charge in [0.1, 0.15) is 22.7 Å². The number of hydrogen-bond acceptors (Lipinski definition) is 4. The summed E-state index contributed by atoms with van der Waals surface area (Å²) >= 11 is 0. The van der Waals surface area contributed by atoms with Gasteiger partial charge in [-0.1, -0.05) is 84.9 Å². The average Bonchev–Trinajstić information content (AvgIpc) is 3.43. The number of aromatic nitrogens is 2. The van der Waals surface area contributed by atoms with Gasteiger partial charge in [0.25, 0.3) is 0 Å². The Kier molecular flexibility index (Phi) is 4.87. The lowest BCUT2D eigenvalue weighted by Crippen LogP contribution is -1.99. The summed E-state index contributed by atoms with van der Waals surface area (Å²) in [5, 5.41) is 4.51. The lowest BCUT2D eigenvalue weighted by molar-refractivity contribution is 0.487. The molecule has 0 atom stereocenters. The Morgan fingerprint density at radius 3 is 2.07 bits per heavy atom. The predicted molar refractivity (Wildman–Crippen MR) is 169 cm³/mol. The van der Waals surface area contributed by atoms with Gasteiger partial charge in [-0.15, -0.1) is 0 Å². The molecule has 1 aliphatic heterocycles. The first-order chi connectivity index (χ1) is 20.8. The zero-order chi connectivity index (χ0) is 27.6. The molecule has 4 nitrogen and oxygen atoms in total. The fraction of sp³-hybridized carbons (Fsp3) is 0. The maximum Gasteiger partial charge on any atom is 0.160 e. The van der Waals surface area contributed by atoms with E-state index in [-0.39, 0.29) is 0 Å². The standard InChI is InChI=1S/C38H22N2O2/c1-2-8-24(9-3-1)38-39-31(22-32(40-38)26-16-18-28-27-12-4-5-14-33(27)42-36(28)21-26)25-17-19-34-30(20-25)29-13-6-10-23-11-7-15-35(41-34)37(23)29/h1-22H. The van der Waals surface area contributed by atoms with E-state index < -0.39 is 0 Å². The van der Waals surface area contributed by atoms with E-state index in [4.69, 9.17) is 19.1 Å². The van der Waals surface area contributed by atoms with Gasteiger partial charge in [-0.2, -0.15) is 0 Å². The van der Waals surface area contributed by atoms with Crippen molar-refractivity contribution in [3.63, 3.8) is 0 Å². The zero-order valence-electron chi connectivity index (χ0n) is 22.4. The number of benzene rings is 6. The van der Waals surface area contributed by atoms with Crippen molar-refractivity contribution in [1.29, 1.82) is 0 Å². The Balaban J connectivity index is 1.23. The van der Waals surface area contributed by atoms with Crippen LogP contribution in [0, 0.1) is 0 Å². The second kappa shape index (κ2) is 8.88. The largest absolute Gasteiger partial charge is 0.456 e. The molecule has 4 heteroatoms. The lowest BCUT2D eigenvalue weighted by Gasteiger charge is -2.22. The van der Waals surface area contributed by atoms with Crippen LogP contribution < -0.4 is 4.74 Å². The predicted octanol–water partition coefficient (Wildman–Crippen LogP) is 10.3. The Morgan fingerprint density at radius 2 is 1.19 bits per heavy atom. The van der Waals surface area contributed by atoms with Crippen LogP contribution in [-0.2, 0) is 0 Å². The normalized spacial score (nSPS) is 12.0. The molecule has 9 rings (SSSR count). The van der Waals surface area contributed by atoms with Crippen LogP contribution in [0.4, 0.5) is 0 Å². The van der Waals surface area contributed by atoms with Crippen LogP contribution in [0.25, 0.3) is 77.7 Å². The summed E-state index contributed by atoms with van der Waals surface area (Å²) in [6.07, 6.45) is 0. The van der Waals surface area contributed by atoms with Crippen molar-refractivity contribution >= 4 is 32.7 Å². The first kappa shape index (κ1) is 23.0. The van der Waals surface area contributed by atoms with Gasteiger partial charge < -0.3 is 9.15 Å². The van der Waals surface area contributed by atoms with Crippen LogP contribution in [0.5, 0.6) is 11.5 Å². The number of furan rings is 1. The molecule has 2 aromatic heterocycles. The number of nitrogens with zero attached hydrogens (tertiary/aromatic N) is 2. The molecule has 0 aliphatic carbocycles. The third-order valence-electron chi connectivity index (χ3n) is 8.08. The topological polar surface area (TPSA) is 48.2 Å². The molecule has 0 bridgehead atoms. The first-order valence-electron chi connectivity index (χ1n) is 14.0. The molecule has 1 aliphatic rings. The number of fused-ring (bicyclic) bond motifs is 5. The Hall–Kier alpha value is -5.74. The highest BCUT2D eigenvalue weighted by Gasteiger charge is 2.21. The monoisotopic (exact) mass is 538 g/mol. The van der Waals surface area contributed by atoms with Crippen molar-refractivity contribution < 1.29 is 9.15 Å². The van der Waals surface area contributed by atoms with Crippen LogP contribution in [0.1, 0.15) is 0 Å². The van der Waals surface area contributed by atoms with Gasteiger partial charge in [-0.05, 0) is 59.5 Å². The highest BCUT2D eigenvalue weighted by atomic mass is 16.5. The molecule has 0 fully saturated rings. The molecule has 0 unspecified atom stereocenters. The maximum absolute atomic E-state index is 6.35. The molecule has 0 N–H and O–H groups in total. The van der Waals surface area contributed by atoms with Crippen molar-refractivity contribution in [3.8, 4) is 56.5 Å². The first-order valence-corrected chi connectivity index (χ1v) is 14.0. The highest BCUT2D eigenvalue weighted by Crippen LogP contribution is 2.47. The van der Waals surface area contributed by atoms with Crippen LogP contribution in [0.2, 0.25) is 0 Å². The van der Waals surface area contributed by atoms with E-state index in [0.717, 1.165) is 77.9 Å². The summed E-state index contributed by atoms with van der Waals surface area (Å²) in [5.41, 5.74) is 8.56. The Labute approximate surface area is 241 Å². The number of hydrogen-bond donors (Lipinski definition) is 0. The van der Waals surface area contributed by atoms with E-state index in [0.29, 0.717) is 5.82 Å². The van der Waals surface area contributed by atoms with E-state index in [1.54, 1.807) is 0 Å². The third kappa shape index (κ3) is 3.55. The minimum absolute atomic E-state index is 0.675. The molecule has 0 saturated carbocycles. The molecule has 6 aromatic carbocycles. The molecule has 42 heavy (non-hydrogen) atoms. The van der Waals surface area contributed by atoms with E-state index in [1.807, 2.05) is 66.7 Å². The molecule has 0 amide bonds. The fourth-order valence-corrected chi connectivity index (χ4v) is 6.07. The van der Waals surface area contributed by atoms with Crippen molar-refractivity contribution in [2.75, 3.05) is 0 Å². The van der Waals surface area contributed by atoms with E-state index in [2.05, 4.69) is 66.7 Å². The van der Waals surface area contributed by atoms with Gasteiger partial charge in [0.05, 0.1) is 11.4 Å². The van der Waals surface area contributed by atoms with Gasteiger partial charge in [0.15, 0.2) is 5.82 Å². The van der Waals surface area contributed by atoms with Crippen molar-refractivity contribution in [3.05, 3.63) is 133 Å². The summed E-state index contributed by atoms with van der Waals surface area (Å²) in [7, 11) is 0. The molecular formula is C38H22N2O2. The van der Waals surface area contributed by atoms with Crippen molar-refractivity contribution in [2.24, 2.45) is 0 Å². The summed E-state index contributed by atoms with van der Waals surface area (Å²) in [6.45, 7) is 0. The van der Waals surface area contributed by atoms with Crippen LogP contribution in [0.15, 0.2) is 138 Å². The van der Waals surface area contributed by atoms with Crippen LogP contribution >= 0.6 is 0 Å².